The number of anilines is 1. The minimum atomic E-state index is -0.430. The first kappa shape index (κ1) is 19.5. The molecular formula is C24H18F2N2O2S. The van der Waals surface area contributed by atoms with Crippen molar-refractivity contribution in [1.29, 1.82) is 0 Å². The standard InChI is InChI=1S/C24H18F2N2O2S/c1-29-19-8-5-14(6-9-19)22-27-23(31)20-12-15-11-17(26)7-10-21(15)30-24(20)28(22)18-4-2-3-16(25)13-18/h2-11,13,22H,12H2,1H3,(H,27,31)/t22-/m1/s1. The Hall–Kier alpha value is -3.45. The summed E-state index contributed by atoms with van der Waals surface area (Å²) in [5.74, 6) is 1.09. The molecule has 0 saturated heterocycles. The Kier molecular flexibility index (Phi) is 4.82. The van der Waals surface area contributed by atoms with E-state index in [-0.39, 0.29) is 11.6 Å². The minimum Gasteiger partial charge on any atom is -0.497 e. The fourth-order valence-corrected chi connectivity index (χ4v) is 4.16. The summed E-state index contributed by atoms with van der Waals surface area (Å²) in [6.07, 6.45) is -0.0176. The molecule has 31 heavy (non-hydrogen) atoms. The van der Waals surface area contributed by atoms with Crippen molar-refractivity contribution >= 4 is 22.9 Å². The molecule has 156 valence electrons. The van der Waals surface area contributed by atoms with Crippen LogP contribution in [0, 0.1) is 11.6 Å². The lowest BCUT2D eigenvalue weighted by Gasteiger charge is -2.42. The Bertz CT molecular complexity index is 1210. The van der Waals surface area contributed by atoms with Crippen LogP contribution in [0.1, 0.15) is 17.3 Å². The van der Waals surface area contributed by atoms with Crippen molar-refractivity contribution in [2.75, 3.05) is 12.0 Å². The van der Waals surface area contributed by atoms with E-state index in [1.807, 2.05) is 35.2 Å². The predicted molar refractivity (Wildman–Crippen MR) is 118 cm³/mol. The third kappa shape index (κ3) is 3.51. The first-order valence-electron chi connectivity index (χ1n) is 9.72. The summed E-state index contributed by atoms with van der Waals surface area (Å²) in [5, 5.41) is 3.35. The third-order valence-corrected chi connectivity index (χ3v) is 5.76. The van der Waals surface area contributed by atoms with Gasteiger partial charge in [0.2, 0.25) is 5.88 Å². The zero-order valence-electron chi connectivity index (χ0n) is 16.6. The van der Waals surface area contributed by atoms with Crippen molar-refractivity contribution in [3.63, 3.8) is 0 Å². The lowest BCUT2D eigenvalue weighted by molar-refractivity contribution is 0.358. The molecule has 0 saturated carbocycles. The molecule has 0 aliphatic carbocycles. The average Bonchev–Trinajstić information content (AvgIpc) is 2.78. The largest absolute Gasteiger partial charge is 0.497 e. The van der Waals surface area contributed by atoms with Gasteiger partial charge in [-0.1, -0.05) is 30.4 Å². The summed E-state index contributed by atoms with van der Waals surface area (Å²) in [7, 11) is 1.61. The van der Waals surface area contributed by atoms with Crippen molar-refractivity contribution in [2.24, 2.45) is 0 Å². The van der Waals surface area contributed by atoms with Crippen LogP contribution in [0.5, 0.6) is 11.5 Å². The van der Waals surface area contributed by atoms with Crippen LogP contribution in [-0.2, 0) is 6.42 Å². The van der Waals surface area contributed by atoms with Crippen molar-refractivity contribution in [3.05, 3.63) is 101 Å². The van der Waals surface area contributed by atoms with Crippen molar-refractivity contribution in [3.8, 4) is 11.5 Å². The summed E-state index contributed by atoms with van der Waals surface area (Å²) >= 11 is 5.65. The zero-order chi connectivity index (χ0) is 21.5. The fraction of sp³-hybridized carbons (Fsp3) is 0.125. The van der Waals surface area contributed by atoms with Crippen molar-refractivity contribution in [1.82, 2.24) is 5.32 Å². The maximum atomic E-state index is 14.1. The Balaban J connectivity index is 1.65. The first-order valence-corrected chi connectivity index (χ1v) is 10.1. The van der Waals surface area contributed by atoms with Crippen LogP contribution in [0.15, 0.2) is 78.2 Å². The molecule has 7 heteroatoms. The van der Waals surface area contributed by atoms with Gasteiger partial charge in [0, 0.05) is 17.7 Å². The summed E-state index contributed by atoms with van der Waals surface area (Å²) in [4.78, 5) is 2.39. The maximum absolute atomic E-state index is 14.1. The number of hydrogen-bond donors (Lipinski definition) is 1. The van der Waals surface area contributed by atoms with Crippen LogP contribution in [0.2, 0.25) is 0 Å². The number of hydrogen-bond acceptors (Lipinski definition) is 4. The highest BCUT2D eigenvalue weighted by atomic mass is 32.1. The molecule has 2 aliphatic rings. The van der Waals surface area contributed by atoms with E-state index in [0.29, 0.717) is 34.3 Å². The average molecular weight is 436 g/mol. The van der Waals surface area contributed by atoms with Gasteiger partial charge in [0.25, 0.3) is 0 Å². The van der Waals surface area contributed by atoms with Gasteiger partial charge in [-0.25, -0.2) is 8.78 Å². The molecule has 0 spiro atoms. The van der Waals surface area contributed by atoms with Gasteiger partial charge in [-0.3, -0.25) is 4.90 Å². The van der Waals surface area contributed by atoms with Crippen LogP contribution in [0.3, 0.4) is 0 Å². The van der Waals surface area contributed by atoms with E-state index in [9.17, 15) is 8.78 Å². The van der Waals surface area contributed by atoms with Crippen LogP contribution in [-0.4, -0.2) is 12.1 Å². The molecule has 3 aromatic carbocycles. The quantitative estimate of drug-likeness (QED) is 0.567. The van der Waals surface area contributed by atoms with E-state index in [2.05, 4.69) is 5.32 Å². The zero-order valence-corrected chi connectivity index (χ0v) is 17.4. The maximum Gasteiger partial charge on any atom is 0.208 e. The number of nitrogens with one attached hydrogen (secondary N) is 1. The van der Waals surface area contributed by atoms with Crippen molar-refractivity contribution < 1.29 is 18.3 Å². The number of nitrogens with zero attached hydrogens (tertiary/aromatic N) is 1. The summed E-state index contributed by atoms with van der Waals surface area (Å²) < 4.78 is 39.4. The number of benzene rings is 3. The van der Waals surface area contributed by atoms with Gasteiger partial charge in [0.15, 0.2) is 0 Å². The summed E-state index contributed by atoms with van der Waals surface area (Å²) in [6.45, 7) is 0. The number of halogens is 2. The molecule has 4 nitrogen and oxygen atoms in total. The molecule has 5 rings (SSSR count). The monoisotopic (exact) mass is 436 g/mol. The third-order valence-electron chi connectivity index (χ3n) is 5.39. The number of thiocarbonyl (C=S) groups is 1. The predicted octanol–water partition coefficient (Wildman–Crippen LogP) is 5.26. The molecular weight excluding hydrogens is 418 g/mol. The van der Waals surface area contributed by atoms with E-state index in [4.69, 9.17) is 21.7 Å². The van der Waals surface area contributed by atoms with E-state index in [1.54, 1.807) is 19.2 Å². The molecule has 0 fully saturated rings. The Morgan fingerprint density at radius 3 is 2.55 bits per heavy atom. The molecule has 2 heterocycles. The number of fused-ring (bicyclic) bond motifs is 1. The molecule has 2 aliphatic heterocycles. The highest BCUT2D eigenvalue weighted by molar-refractivity contribution is 7.80. The van der Waals surface area contributed by atoms with Gasteiger partial charge >= 0.3 is 0 Å². The Morgan fingerprint density at radius 2 is 1.81 bits per heavy atom. The molecule has 0 unspecified atom stereocenters. The fourth-order valence-electron chi connectivity index (χ4n) is 3.89. The van der Waals surface area contributed by atoms with E-state index < -0.39 is 6.17 Å². The molecule has 3 aromatic rings. The van der Waals surface area contributed by atoms with Gasteiger partial charge in [0.05, 0.1) is 12.7 Å². The highest BCUT2D eigenvalue weighted by Gasteiger charge is 2.37. The van der Waals surface area contributed by atoms with Crippen LogP contribution in [0.25, 0.3) is 0 Å². The van der Waals surface area contributed by atoms with E-state index >= 15 is 0 Å². The van der Waals surface area contributed by atoms with Gasteiger partial charge < -0.3 is 14.8 Å². The second kappa shape index (κ2) is 7.67. The summed E-state index contributed by atoms with van der Waals surface area (Å²) in [5.41, 5.74) is 2.94. The smallest absolute Gasteiger partial charge is 0.208 e. The van der Waals surface area contributed by atoms with Gasteiger partial charge in [0.1, 0.15) is 34.3 Å². The van der Waals surface area contributed by atoms with Gasteiger partial charge in [-0.15, -0.1) is 0 Å². The molecule has 0 bridgehead atoms. The molecule has 0 amide bonds. The van der Waals surface area contributed by atoms with E-state index in [1.165, 1.54) is 24.3 Å². The van der Waals surface area contributed by atoms with Gasteiger partial charge in [-0.05, 0) is 54.1 Å². The SMILES string of the molecule is COc1ccc([C@@H]2NC(=S)C3=C(Oc4ccc(F)cc4C3)N2c2cccc(F)c2)cc1. The van der Waals surface area contributed by atoms with Crippen LogP contribution >= 0.6 is 12.2 Å². The summed E-state index contributed by atoms with van der Waals surface area (Å²) in [6, 6.07) is 18.3. The lowest BCUT2D eigenvalue weighted by Crippen LogP contribution is -2.49. The topological polar surface area (TPSA) is 33.7 Å². The number of rotatable bonds is 3. The number of methoxy groups -OCH3 is 1. The first-order chi connectivity index (χ1) is 15.0. The minimum absolute atomic E-state index is 0.334. The molecule has 0 aromatic heterocycles. The molecule has 1 N–H and O–H groups in total. The number of ether oxygens (including phenoxy) is 2. The van der Waals surface area contributed by atoms with Crippen LogP contribution < -0.4 is 19.7 Å². The molecule has 1 atom stereocenters. The second-order valence-corrected chi connectivity index (χ2v) is 7.72. The van der Waals surface area contributed by atoms with Gasteiger partial charge in [-0.2, -0.15) is 0 Å². The van der Waals surface area contributed by atoms with E-state index in [0.717, 1.165) is 16.9 Å². The Labute approximate surface area is 183 Å². The van der Waals surface area contributed by atoms with Crippen molar-refractivity contribution in [2.45, 2.75) is 12.6 Å². The highest BCUT2D eigenvalue weighted by Crippen LogP contribution is 2.41. The second-order valence-electron chi connectivity index (χ2n) is 7.31. The van der Waals surface area contributed by atoms with Crippen LogP contribution in [0.4, 0.5) is 14.5 Å². The Morgan fingerprint density at radius 1 is 1.03 bits per heavy atom. The lowest BCUT2D eigenvalue weighted by atomic mass is 9.98. The normalized spacial score (nSPS) is 17.5. The molecule has 0 radical (unpaired) electrons.